The summed E-state index contributed by atoms with van der Waals surface area (Å²) in [4.78, 5) is 28.5. The molecular formula is C17H20N2O3. The number of hydrogen-bond acceptors (Lipinski definition) is 3. The molecule has 5 nitrogen and oxygen atoms in total. The quantitative estimate of drug-likeness (QED) is 0.798. The van der Waals surface area contributed by atoms with Gasteiger partial charge < -0.3 is 14.5 Å². The molecule has 3 heterocycles. The largest absolute Gasteiger partial charge is 0.450 e. The highest BCUT2D eigenvalue weighted by molar-refractivity contribution is 6.01. The minimum Gasteiger partial charge on any atom is -0.450 e. The SMILES string of the molecule is CCOC(=O)N1CC[C@H]2C(=O)N3CCc4cccc(c43)[C@H]2C1. The number of piperidine rings is 1. The van der Waals surface area contributed by atoms with E-state index in [9.17, 15) is 9.59 Å². The van der Waals surface area contributed by atoms with Crippen LogP contribution in [0.1, 0.15) is 30.4 Å². The molecule has 3 aliphatic heterocycles. The molecule has 4 rings (SSSR count). The molecule has 0 radical (unpaired) electrons. The van der Waals surface area contributed by atoms with E-state index >= 15 is 0 Å². The number of amides is 2. The lowest BCUT2D eigenvalue weighted by molar-refractivity contribution is -0.124. The Kier molecular flexibility index (Phi) is 3.10. The molecule has 0 unspecified atom stereocenters. The minimum absolute atomic E-state index is 0.00604. The molecule has 0 aliphatic carbocycles. The third-order valence-electron chi connectivity index (χ3n) is 5.15. The summed E-state index contributed by atoms with van der Waals surface area (Å²) in [5, 5.41) is 0. The molecule has 2 atom stereocenters. The van der Waals surface area contributed by atoms with Crippen molar-refractivity contribution in [2.24, 2.45) is 5.92 Å². The lowest BCUT2D eigenvalue weighted by atomic mass is 9.76. The molecule has 22 heavy (non-hydrogen) atoms. The molecule has 1 aromatic rings. The van der Waals surface area contributed by atoms with E-state index in [1.165, 1.54) is 11.1 Å². The number of nitrogens with zero attached hydrogens (tertiary/aromatic N) is 2. The molecule has 3 aliphatic rings. The number of fused-ring (bicyclic) bond motifs is 2. The zero-order valence-electron chi connectivity index (χ0n) is 12.7. The smallest absolute Gasteiger partial charge is 0.409 e. The molecule has 0 spiro atoms. The fourth-order valence-corrected chi connectivity index (χ4v) is 4.15. The number of anilines is 1. The number of rotatable bonds is 1. The van der Waals surface area contributed by atoms with E-state index in [1.54, 1.807) is 4.90 Å². The Labute approximate surface area is 129 Å². The maximum atomic E-state index is 12.8. The predicted molar refractivity (Wildman–Crippen MR) is 81.9 cm³/mol. The minimum atomic E-state index is -0.261. The molecule has 1 saturated heterocycles. The first-order chi connectivity index (χ1) is 10.7. The van der Waals surface area contributed by atoms with Crippen molar-refractivity contribution in [3.63, 3.8) is 0 Å². The van der Waals surface area contributed by atoms with Gasteiger partial charge in [-0.3, -0.25) is 4.79 Å². The van der Waals surface area contributed by atoms with Crippen molar-refractivity contribution in [2.45, 2.75) is 25.7 Å². The topological polar surface area (TPSA) is 49.9 Å². The second-order valence-electron chi connectivity index (χ2n) is 6.24. The van der Waals surface area contributed by atoms with Gasteiger partial charge in [0, 0.05) is 31.5 Å². The molecule has 5 heteroatoms. The van der Waals surface area contributed by atoms with Crippen molar-refractivity contribution in [2.75, 3.05) is 31.1 Å². The fraction of sp³-hybridized carbons (Fsp3) is 0.529. The van der Waals surface area contributed by atoms with Crippen molar-refractivity contribution < 1.29 is 14.3 Å². The molecule has 0 aromatic heterocycles. The third kappa shape index (κ3) is 1.84. The summed E-state index contributed by atoms with van der Waals surface area (Å²) >= 11 is 0. The lowest BCUT2D eigenvalue weighted by Gasteiger charge is -2.43. The Balaban J connectivity index is 1.70. The second kappa shape index (κ2) is 5.00. The number of hydrogen-bond donors (Lipinski definition) is 0. The summed E-state index contributed by atoms with van der Waals surface area (Å²) in [5.74, 6) is 0.354. The molecular weight excluding hydrogens is 280 g/mol. The molecule has 0 bridgehead atoms. The summed E-state index contributed by atoms with van der Waals surface area (Å²) in [6.07, 6.45) is 1.40. The summed E-state index contributed by atoms with van der Waals surface area (Å²) in [7, 11) is 0. The van der Waals surface area contributed by atoms with Crippen molar-refractivity contribution in [3.05, 3.63) is 29.3 Å². The van der Waals surface area contributed by atoms with Crippen molar-refractivity contribution in [1.29, 1.82) is 0 Å². The van der Waals surface area contributed by atoms with Gasteiger partial charge in [-0.25, -0.2) is 4.79 Å². The van der Waals surface area contributed by atoms with Gasteiger partial charge >= 0.3 is 6.09 Å². The van der Waals surface area contributed by atoms with E-state index in [0.29, 0.717) is 19.7 Å². The van der Waals surface area contributed by atoms with Gasteiger partial charge in [-0.05, 0) is 30.9 Å². The molecule has 0 N–H and O–H groups in total. The number of benzene rings is 1. The Hall–Kier alpha value is -2.04. The van der Waals surface area contributed by atoms with E-state index in [2.05, 4.69) is 18.2 Å². The average molecular weight is 300 g/mol. The number of carbonyl (C=O) groups excluding carboxylic acids is 2. The third-order valence-corrected chi connectivity index (χ3v) is 5.15. The van der Waals surface area contributed by atoms with Gasteiger partial charge in [0.15, 0.2) is 0 Å². The first kappa shape index (κ1) is 13.6. The van der Waals surface area contributed by atoms with Gasteiger partial charge in [0.25, 0.3) is 0 Å². The predicted octanol–water partition coefficient (Wildman–Crippen LogP) is 2.15. The van der Waals surface area contributed by atoms with Crippen molar-refractivity contribution >= 4 is 17.7 Å². The zero-order valence-corrected chi connectivity index (χ0v) is 12.7. The summed E-state index contributed by atoms with van der Waals surface area (Å²) in [6, 6.07) is 6.31. The summed E-state index contributed by atoms with van der Waals surface area (Å²) < 4.78 is 5.12. The van der Waals surface area contributed by atoms with Gasteiger partial charge in [-0.15, -0.1) is 0 Å². The standard InChI is InChI=1S/C17H20N2O3/c1-2-22-17(21)18-8-7-13-14(10-18)12-5-3-4-11-6-9-19(15(11)12)16(13)20/h3-5,13-14H,2,6-10H2,1H3/t13-,14-/m1/s1. The summed E-state index contributed by atoms with van der Waals surface area (Å²) in [5.41, 5.74) is 3.60. The normalized spacial score (nSPS) is 25.8. The molecule has 0 saturated carbocycles. The first-order valence-corrected chi connectivity index (χ1v) is 8.05. The number of ether oxygens (including phenoxy) is 1. The Morgan fingerprint density at radius 3 is 3.00 bits per heavy atom. The maximum absolute atomic E-state index is 12.8. The van der Waals surface area contributed by atoms with Gasteiger partial charge in [0.1, 0.15) is 0 Å². The zero-order chi connectivity index (χ0) is 15.3. The molecule has 116 valence electrons. The Morgan fingerprint density at radius 1 is 1.32 bits per heavy atom. The maximum Gasteiger partial charge on any atom is 0.409 e. The number of likely N-dealkylation sites (tertiary alicyclic amines) is 1. The van der Waals surface area contributed by atoms with Crippen molar-refractivity contribution in [3.8, 4) is 0 Å². The molecule has 2 amide bonds. The van der Waals surface area contributed by atoms with Crippen molar-refractivity contribution in [1.82, 2.24) is 4.90 Å². The average Bonchev–Trinajstić information content (AvgIpc) is 2.97. The van der Waals surface area contributed by atoms with Crippen LogP contribution in [0.3, 0.4) is 0 Å². The van der Waals surface area contributed by atoms with Crippen LogP contribution in [0.25, 0.3) is 0 Å². The monoisotopic (exact) mass is 300 g/mol. The molecule has 1 fully saturated rings. The van der Waals surface area contributed by atoms with Gasteiger partial charge in [-0.1, -0.05) is 18.2 Å². The van der Waals surface area contributed by atoms with Gasteiger partial charge in [-0.2, -0.15) is 0 Å². The highest BCUT2D eigenvalue weighted by Gasteiger charge is 2.46. The molecule has 1 aromatic carbocycles. The van der Waals surface area contributed by atoms with Crippen LogP contribution in [0.5, 0.6) is 0 Å². The van der Waals surface area contributed by atoms with Crippen LogP contribution >= 0.6 is 0 Å². The van der Waals surface area contributed by atoms with Crippen LogP contribution in [0.4, 0.5) is 10.5 Å². The van der Waals surface area contributed by atoms with Crippen LogP contribution < -0.4 is 4.90 Å². The van der Waals surface area contributed by atoms with Crippen LogP contribution in [0.15, 0.2) is 18.2 Å². The fourth-order valence-electron chi connectivity index (χ4n) is 4.15. The van der Waals surface area contributed by atoms with Crippen LogP contribution in [-0.4, -0.2) is 43.1 Å². The second-order valence-corrected chi connectivity index (χ2v) is 6.24. The van der Waals surface area contributed by atoms with E-state index in [4.69, 9.17) is 4.74 Å². The van der Waals surface area contributed by atoms with Crippen LogP contribution in [0.2, 0.25) is 0 Å². The van der Waals surface area contributed by atoms with Crippen LogP contribution in [-0.2, 0) is 16.0 Å². The lowest BCUT2D eigenvalue weighted by Crippen LogP contribution is -2.51. The van der Waals surface area contributed by atoms with E-state index in [1.807, 2.05) is 11.8 Å². The van der Waals surface area contributed by atoms with E-state index in [0.717, 1.165) is 25.1 Å². The number of carbonyl (C=O) groups is 2. The van der Waals surface area contributed by atoms with E-state index in [-0.39, 0.29) is 23.8 Å². The first-order valence-electron chi connectivity index (χ1n) is 8.05. The summed E-state index contributed by atoms with van der Waals surface area (Å²) in [6.45, 7) is 4.19. The Bertz CT molecular complexity index is 643. The highest BCUT2D eigenvalue weighted by Crippen LogP contribution is 2.47. The van der Waals surface area contributed by atoms with Crippen LogP contribution in [0, 0.1) is 5.92 Å². The highest BCUT2D eigenvalue weighted by atomic mass is 16.6. The van der Waals surface area contributed by atoms with Gasteiger partial charge in [0.2, 0.25) is 5.91 Å². The van der Waals surface area contributed by atoms with E-state index < -0.39 is 0 Å². The van der Waals surface area contributed by atoms with Gasteiger partial charge in [0.05, 0.1) is 12.3 Å². The number of para-hydroxylation sites is 1. The Morgan fingerprint density at radius 2 is 2.18 bits per heavy atom.